The van der Waals surface area contributed by atoms with Crippen LogP contribution >= 0.6 is 0 Å². The maximum absolute atomic E-state index is 12.7. The van der Waals surface area contributed by atoms with Crippen LogP contribution in [0.4, 0.5) is 0 Å². The van der Waals surface area contributed by atoms with E-state index in [1.54, 1.807) is 11.8 Å². The first-order chi connectivity index (χ1) is 13.5. The molecule has 2 heterocycles. The Labute approximate surface area is 162 Å². The van der Waals surface area contributed by atoms with Crippen LogP contribution in [0, 0.1) is 6.92 Å². The lowest BCUT2D eigenvalue weighted by molar-refractivity contribution is -0.137. The molecule has 0 radical (unpaired) electrons. The zero-order valence-electron chi connectivity index (χ0n) is 16.2. The molecule has 1 aromatic heterocycles. The Kier molecular flexibility index (Phi) is 4.83. The lowest BCUT2D eigenvalue weighted by Crippen LogP contribution is -2.42. The van der Waals surface area contributed by atoms with Crippen LogP contribution in [0.25, 0.3) is 11.0 Å². The molecule has 7 nitrogen and oxygen atoms in total. The number of nitrogens with one attached hydrogen (secondary N) is 1. The highest BCUT2D eigenvalue weighted by Gasteiger charge is 2.26. The van der Waals surface area contributed by atoms with Gasteiger partial charge in [0, 0.05) is 42.6 Å². The summed E-state index contributed by atoms with van der Waals surface area (Å²) in [6, 6.07) is 3.75. The van der Waals surface area contributed by atoms with Gasteiger partial charge in [-0.1, -0.05) is 0 Å². The van der Waals surface area contributed by atoms with Crippen LogP contribution in [0.1, 0.15) is 36.5 Å². The molecule has 2 amide bonds. The van der Waals surface area contributed by atoms with Gasteiger partial charge in [-0.05, 0) is 50.8 Å². The Morgan fingerprint density at radius 2 is 1.96 bits per heavy atom. The molecule has 0 saturated carbocycles. The van der Waals surface area contributed by atoms with Crippen molar-refractivity contribution in [2.24, 2.45) is 0 Å². The maximum Gasteiger partial charge on any atom is 0.339 e. The van der Waals surface area contributed by atoms with Crippen molar-refractivity contribution in [2.45, 2.75) is 45.6 Å². The van der Waals surface area contributed by atoms with Gasteiger partial charge in [0.25, 0.3) is 5.91 Å². The van der Waals surface area contributed by atoms with E-state index in [9.17, 15) is 14.4 Å². The quantitative estimate of drug-likeness (QED) is 0.814. The summed E-state index contributed by atoms with van der Waals surface area (Å²) in [5.74, 6) is 0.321. The standard InChI is InChI=1S/C21H24N2O5/c1-12-17(27-13(2)20(25)23-10-8-18(24)22-9-11-23)7-6-15-14-4-3-5-16(14)21(26)28-19(12)15/h6-7,13H,3-5,8-11H2,1-2H3,(H,22,24). The molecule has 1 N–H and O–H groups in total. The summed E-state index contributed by atoms with van der Waals surface area (Å²) in [4.78, 5) is 38.1. The van der Waals surface area contributed by atoms with Crippen LogP contribution in [-0.4, -0.2) is 42.5 Å². The van der Waals surface area contributed by atoms with Crippen molar-refractivity contribution in [3.05, 3.63) is 39.2 Å². The lowest BCUT2D eigenvalue weighted by Gasteiger charge is -2.24. The van der Waals surface area contributed by atoms with E-state index in [1.165, 1.54) is 0 Å². The summed E-state index contributed by atoms with van der Waals surface area (Å²) in [5, 5.41) is 3.71. The van der Waals surface area contributed by atoms with Gasteiger partial charge in [0.2, 0.25) is 5.91 Å². The number of nitrogens with zero attached hydrogens (tertiary/aromatic N) is 1. The van der Waals surface area contributed by atoms with Crippen LogP contribution in [-0.2, 0) is 22.4 Å². The Morgan fingerprint density at radius 3 is 2.79 bits per heavy atom. The number of aryl methyl sites for hydroxylation is 2. The maximum atomic E-state index is 12.7. The number of fused-ring (bicyclic) bond motifs is 3. The molecule has 1 aromatic carbocycles. The van der Waals surface area contributed by atoms with Crippen molar-refractivity contribution in [3.8, 4) is 5.75 Å². The van der Waals surface area contributed by atoms with E-state index in [-0.39, 0.29) is 17.4 Å². The third kappa shape index (κ3) is 3.25. The fraction of sp³-hybridized carbons (Fsp3) is 0.476. The number of amides is 2. The second-order valence-corrected chi connectivity index (χ2v) is 7.45. The average Bonchev–Trinajstić information content (AvgIpc) is 3.08. The molecule has 2 aliphatic rings. The highest BCUT2D eigenvalue weighted by Crippen LogP contribution is 2.33. The minimum atomic E-state index is -0.703. The molecule has 1 aliphatic heterocycles. The number of carbonyl (C=O) groups is 2. The second kappa shape index (κ2) is 7.30. The number of ether oxygens (including phenoxy) is 1. The Balaban J connectivity index is 1.58. The predicted octanol–water partition coefficient (Wildman–Crippen LogP) is 1.71. The average molecular weight is 384 g/mol. The summed E-state index contributed by atoms with van der Waals surface area (Å²) in [7, 11) is 0. The van der Waals surface area contributed by atoms with Crippen molar-refractivity contribution in [2.75, 3.05) is 19.6 Å². The minimum absolute atomic E-state index is 0.0446. The summed E-state index contributed by atoms with van der Waals surface area (Å²) in [5.41, 5.74) is 2.84. The van der Waals surface area contributed by atoms with Gasteiger partial charge < -0.3 is 19.4 Å². The topological polar surface area (TPSA) is 88.9 Å². The van der Waals surface area contributed by atoms with Crippen molar-refractivity contribution >= 4 is 22.8 Å². The molecule has 1 fully saturated rings. The second-order valence-electron chi connectivity index (χ2n) is 7.45. The van der Waals surface area contributed by atoms with Crippen LogP contribution in [0.3, 0.4) is 0 Å². The molecule has 4 rings (SSSR count). The Hall–Kier alpha value is -2.83. The molecule has 0 bridgehead atoms. The third-order valence-corrected chi connectivity index (χ3v) is 5.62. The van der Waals surface area contributed by atoms with Gasteiger partial charge in [-0.15, -0.1) is 0 Å². The third-order valence-electron chi connectivity index (χ3n) is 5.62. The van der Waals surface area contributed by atoms with E-state index in [2.05, 4.69) is 5.32 Å². The van der Waals surface area contributed by atoms with E-state index < -0.39 is 6.10 Å². The first-order valence-corrected chi connectivity index (χ1v) is 9.76. The van der Waals surface area contributed by atoms with Gasteiger partial charge in [0.1, 0.15) is 11.3 Å². The predicted molar refractivity (Wildman–Crippen MR) is 104 cm³/mol. The van der Waals surface area contributed by atoms with Crippen LogP contribution in [0.5, 0.6) is 5.75 Å². The molecular formula is C21H24N2O5. The largest absolute Gasteiger partial charge is 0.480 e. The number of hydrogen-bond donors (Lipinski definition) is 1. The molecule has 1 saturated heterocycles. The fourth-order valence-corrected chi connectivity index (χ4v) is 4.08. The number of hydrogen-bond acceptors (Lipinski definition) is 5. The van der Waals surface area contributed by atoms with Crippen molar-refractivity contribution in [1.29, 1.82) is 0 Å². The zero-order valence-corrected chi connectivity index (χ0v) is 16.2. The molecule has 1 aliphatic carbocycles. The van der Waals surface area contributed by atoms with Crippen LogP contribution < -0.4 is 15.7 Å². The summed E-state index contributed by atoms with van der Waals surface area (Å²) in [6.07, 6.45) is 2.21. The van der Waals surface area contributed by atoms with Crippen LogP contribution in [0.2, 0.25) is 0 Å². The minimum Gasteiger partial charge on any atom is -0.480 e. The molecule has 148 valence electrons. The van der Waals surface area contributed by atoms with Crippen molar-refractivity contribution in [1.82, 2.24) is 10.2 Å². The molecule has 7 heteroatoms. The number of carbonyl (C=O) groups excluding carboxylic acids is 2. The Morgan fingerprint density at radius 1 is 1.18 bits per heavy atom. The summed E-state index contributed by atoms with van der Waals surface area (Å²) in [6.45, 7) is 4.84. The molecule has 2 aromatic rings. The molecule has 1 atom stereocenters. The number of rotatable bonds is 3. The highest BCUT2D eigenvalue weighted by molar-refractivity contribution is 5.87. The van der Waals surface area contributed by atoms with Crippen LogP contribution in [0.15, 0.2) is 21.3 Å². The smallest absolute Gasteiger partial charge is 0.339 e. The monoisotopic (exact) mass is 384 g/mol. The first kappa shape index (κ1) is 18.5. The molecule has 0 spiro atoms. The zero-order chi connectivity index (χ0) is 19.8. The normalized spacial score (nSPS) is 17.8. The fourth-order valence-electron chi connectivity index (χ4n) is 4.08. The first-order valence-electron chi connectivity index (χ1n) is 9.76. The van der Waals surface area contributed by atoms with Crippen molar-refractivity contribution in [3.63, 3.8) is 0 Å². The highest BCUT2D eigenvalue weighted by atomic mass is 16.5. The SMILES string of the molecule is Cc1c(OC(C)C(=O)N2CCNC(=O)CC2)ccc2c3c(c(=O)oc12)CCC3. The van der Waals surface area contributed by atoms with Gasteiger partial charge in [0.15, 0.2) is 6.10 Å². The summed E-state index contributed by atoms with van der Waals surface area (Å²) >= 11 is 0. The van der Waals surface area contributed by atoms with E-state index in [4.69, 9.17) is 9.15 Å². The van der Waals surface area contributed by atoms with E-state index >= 15 is 0 Å². The van der Waals surface area contributed by atoms with Gasteiger partial charge in [-0.25, -0.2) is 4.79 Å². The molecule has 1 unspecified atom stereocenters. The van der Waals surface area contributed by atoms with Gasteiger partial charge >= 0.3 is 5.63 Å². The van der Waals surface area contributed by atoms with Gasteiger partial charge in [-0.2, -0.15) is 0 Å². The molecular weight excluding hydrogens is 360 g/mol. The van der Waals surface area contributed by atoms with Crippen molar-refractivity contribution < 1.29 is 18.7 Å². The van der Waals surface area contributed by atoms with Gasteiger partial charge in [0.05, 0.1) is 0 Å². The molecule has 28 heavy (non-hydrogen) atoms. The lowest BCUT2D eigenvalue weighted by atomic mass is 10.0. The van der Waals surface area contributed by atoms with Gasteiger partial charge in [-0.3, -0.25) is 9.59 Å². The van der Waals surface area contributed by atoms with E-state index in [1.807, 2.05) is 19.1 Å². The number of benzene rings is 1. The van der Waals surface area contributed by atoms with E-state index in [0.29, 0.717) is 37.4 Å². The summed E-state index contributed by atoms with van der Waals surface area (Å²) < 4.78 is 11.5. The van der Waals surface area contributed by atoms with E-state index in [0.717, 1.165) is 41.3 Å². The Bertz CT molecular complexity index is 1010.